The van der Waals surface area contributed by atoms with Crippen molar-refractivity contribution in [1.29, 1.82) is 0 Å². The van der Waals surface area contributed by atoms with Gasteiger partial charge in [0.25, 0.3) is 5.91 Å². The van der Waals surface area contributed by atoms with Gasteiger partial charge in [0.05, 0.1) is 18.6 Å². The summed E-state index contributed by atoms with van der Waals surface area (Å²) in [4.78, 5) is 23.2. The molecule has 1 heterocycles. The molecule has 1 saturated heterocycles. The highest BCUT2D eigenvalue weighted by Crippen LogP contribution is 2.28. The minimum absolute atomic E-state index is 0.0324. The van der Waals surface area contributed by atoms with Gasteiger partial charge in [-0.3, -0.25) is 9.59 Å². The molecule has 0 radical (unpaired) electrons. The fourth-order valence-corrected chi connectivity index (χ4v) is 4.00. The minimum Gasteiger partial charge on any atom is -0.493 e. The Bertz CT molecular complexity index is 713. The Morgan fingerprint density at radius 2 is 2.04 bits per heavy atom. The lowest BCUT2D eigenvalue weighted by Gasteiger charge is -2.13. The number of hydrogen-bond acceptors (Lipinski definition) is 6. The molecule has 7 nitrogen and oxygen atoms in total. The minimum atomic E-state index is -3.04. The van der Waals surface area contributed by atoms with Gasteiger partial charge in [-0.15, -0.1) is 0 Å². The Morgan fingerprint density at radius 1 is 1.30 bits per heavy atom. The molecule has 1 aromatic rings. The molecule has 1 fully saturated rings. The van der Waals surface area contributed by atoms with E-state index in [0.29, 0.717) is 23.5 Å². The Balaban J connectivity index is 1.92. The van der Waals surface area contributed by atoms with Gasteiger partial charge in [-0.25, -0.2) is 8.42 Å². The van der Waals surface area contributed by atoms with Crippen LogP contribution in [0, 0.1) is 0 Å². The van der Waals surface area contributed by atoms with Crippen LogP contribution in [-0.2, 0) is 14.6 Å². The van der Waals surface area contributed by atoms with Crippen molar-refractivity contribution in [2.75, 3.05) is 25.2 Å². The summed E-state index contributed by atoms with van der Waals surface area (Å²) in [7, 11) is -1.60. The Morgan fingerprint density at radius 3 is 2.61 bits per heavy atom. The van der Waals surface area contributed by atoms with Gasteiger partial charge < -0.3 is 14.8 Å². The van der Waals surface area contributed by atoms with Gasteiger partial charge in [-0.05, 0) is 31.5 Å². The molecule has 1 amide bonds. The summed E-state index contributed by atoms with van der Waals surface area (Å²) in [5.41, 5.74) is 0.481. The first-order valence-corrected chi connectivity index (χ1v) is 8.94. The van der Waals surface area contributed by atoms with Gasteiger partial charge in [0.1, 0.15) is 0 Å². The van der Waals surface area contributed by atoms with Crippen molar-refractivity contribution in [1.82, 2.24) is 5.32 Å². The fraction of sp³-hybridized carbons (Fsp3) is 0.467. The second-order valence-electron chi connectivity index (χ2n) is 5.38. The Hall–Kier alpha value is -2.09. The summed E-state index contributed by atoms with van der Waals surface area (Å²) in [5, 5.41) is 2.63. The number of rotatable bonds is 6. The van der Waals surface area contributed by atoms with Crippen LogP contribution in [0.1, 0.15) is 23.7 Å². The zero-order chi connectivity index (χ0) is 17.0. The maximum Gasteiger partial charge on any atom is 0.258 e. The van der Waals surface area contributed by atoms with Crippen molar-refractivity contribution in [3.8, 4) is 11.5 Å². The van der Waals surface area contributed by atoms with E-state index in [-0.39, 0.29) is 29.9 Å². The van der Waals surface area contributed by atoms with Crippen molar-refractivity contribution in [3.05, 3.63) is 23.8 Å². The third kappa shape index (κ3) is 4.69. The SMILES string of the molecule is COc1cc(C(C)=O)ccc1OCC(=O)N[C@H]1CCS(=O)(=O)C1. The van der Waals surface area contributed by atoms with E-state index in [1.165, 1.54) is 14.0 Å². The first kappa shape index (κ1) is 17.3. The highest BCUT2D eigenvalue weighted by Gasteiger charge is 2.28. The highest BCUT2D eigenvalue weighted by molar-refractivity contribution is 7.91. The van der Waals surface area contributed by atoms with E-state index >= 15 is 0 Å². The van der Waals surface area contributed by atoms with Crippen molar-refractivity contribution < 1.29 is 27.5 Å². The molecule has 0 saturated carbocycles. The molecular weight excluding hydrogens is 322 g/mol. The maximum atomic E-state index is 11.8. The van der Waals surface area contributed by atoms with Crippen LogP contribution in [0.3, 0.4) is 0 Å². The smallest absolute Gasteiger partial charge is 0.258 e. The van der Waals surface area contributed by atoms with Gasteiger partial charge in [-0.2, -0.15) is 0 Å². The molecule has 2 rings (SSSR count). The van der Waals surface area contributed by atoms with Gasteiger partial charge in [0.15, 0.2) is 33.7 Å². The lowest BCUT2D eigenvalue weighted by molar-refractivity contribution is -0.123. The van der Waals surface area contributed by atoms with Crippen molar-refractivity contribution in [2.24, 2.45) is 0 Å². The quantitative estimate of drug-likeness (QED) is 0.760. The zero-order valence-corrected chi connectivity index (χ0v) is 13.8. The molecule has 1 N–H and O–H groups in total. The topological polar surface area (TPSA) is 98.8 Å². The average molecular weight is 341 g/mol. The van der Waals surface area contributed by atoms with Crippen LogP contribution in [-0.4, -0.2) is 51.4 Å². The molecule has 0 aromatic heterocycles. The summed E-state index contributed by atoms with van der Waals surface area (Å²) < 4.78 is 33.2. The third-order valence-corrected chi connectivity index (χ3v) is 5.29. The van der Waals surface area contributed by atoms with E-state index in [2.05, 4.69) is 5.32 Å². The monoisotopic (exact) mass is 341 g/mol. The number of hydrogen-bond donors (Lipinski definition) is 1. The van der Waals surface area contributed by atoms with E-state index in [0.717, 1.165) is 0 Å². The predicted octanol–water partition coefficient (Wildman–Crippen LogP) is 0.580. The number of sulfone groups is 1. The van der Waals surface area contributed by atoms with E-state index in [1.54, 1.807) is 18.2 Å². The van der Waals surface area contributed by atoms with Gasteiger partial charge in [0.2, 0.25) is 0 Å². The van der Waals surface area contributed by atoms with Gasteiger partial charge >= 0.3 is 0 Å². The lowest BCUT2D eigenvalue weighted by atomic mass is 10.1. The number of amides is 1. The van der Waals surface area contributed by atoms with Crippen molar-refractivity contribution >= 4 is 21.5 Å². The number of Topliss-reactive ketones (excluding diaryl/α,β-unsaturated/α-hetero) is 1. The first-order chi connectivity index (χ1) is 10.8. The highest BCUT2D eigenvalue weighted by atomic mass is 32.2. The molecule has 1 aliphatic rings. The molecule has 1 aromatic carbocycles. The summed E-state index contributed by atoms with van der Waals surface area (Å²) in [6, 6.07) is 4.32. The Kier molecular flexibility index (Phi) is 5.25. The van der Waals surface area contributed by atoms with Crippen molar-refractivity contribution in [3.63, 3.8) is 0 Å². The molecule has 8 heteroatoms. The number of carbonyl (C=O) groups is 2. The van der Waals surface area contributed by atoms with Crippen molar-refractivity contribution in [2.45, 2.75) is 19.4 Å². The molecule has 1 aliphatic heterocycles. The number of benzene rings is 1. The number of nitrogens with one attached hydrogen (secondary N) is 1. The van der Waals surface area contributed by atoms with Gasteiger partial charge in [0, 0.05) is 11.6 Å². The first-order valence-electron chi connectivity index (χ1n) is 7.12. The molecule has 0 unspecified atom stereocenters. The van der Waals surface area contributed by atoms with E-state index < -0.39 is 15.7 Å². The van der Waals surface area contributed by atoms with Crippen LogP contribution in [0.25, 0.3) is 0 Å². The van der Waals surface area contributed by atoms with Crippen LogP contribution in [0.5, 0.6) is 11.5 Å². The fourth-order valence-electron chi connectivity index (χ4n) is 2.33. The molecule has 0 aliphatic carbocycles. The second-order valence-corrected chi connectivity index (χ2v) is 7.61. The normalized spacial score (nSPS) is 19.1. The average Bonchev–Trinajstić information content (AvgIpc) is 2.83. The van der Waals surface area contributed by atoms with Crippen LogP contribution < -0.4 is 14.8 Å². The summed E-state index contributed by atoms with van der Waals surface area (Å²) in [6.07, 6.45) is 0.421. The van der Waals surface area contributed by atoms with Crippen LogP contribution >= 0.6 is 0 Å². The standard InChI is InChI=1S/C15H19NO6S/c1-10(17)11-3-4-13(14(7-11)21-2)22-8-15(18)16-12-5-6-23(19,20)9-12/h3-4,7,12H,5-6,8-9H2,1-2H3,(H,16,18)/t12-/m0/s1. The number of ether oxygens (including phenoxy) is 2. The van der Waals surface area contributed by atoms with Gasteiger partial charge in [-0.1, -0.05) is 0 Å². The Labute approximate surface area is 134 Å². The van der Waals surface area contributed by atoms with E-state index in [1.807, 2.05) is 0 Å². The molecule has 0 spiro atoms. The lowest BCUT2D eigenvalue weighted by Crippen LogP contribution is -2.38. The number of methoxy groups -OCH3 is 1. The molecular formula is C15H19NO6S. The zero-order valence-electron chi connectivity index (χ0n) is 13.0. The van der Waals surface area contributed by atoms with E-state index in [4.69, 9.17) is 9.47 Å². The summed E-state index contributed by atoms with van der Waals surface area (Å²) >= 11 is 0. The van der Waals surface area contributed by atoms with Crippen LogP contribution in [0.15, 0.2) is 18.2 Å². The summed E-state index contributed by atoms with van der Waals surface area (Å²) in [5.74, 6) is 0.259. The number of carbonyl (C=O) groups excluding carboxylic acids is 2. The van der Waals surface area contributed by atoms with Crippen LogP contribution in [0.2, 0.25) is 0 Å². The maximum absolute atomic E-state index is 11.8. The molecule has 23 heavy (non-hydrogen) atoms. The third-order valence-electron chi connectivity index (χ3n) is 3.53. The van der Waals surface area contributed by atoms with Crippen LogP contribution in [0.4, 0.5) is 0 Å². The largest absolute Gasteiger partial charge is 0.493 e. The predicted molar refractivity (Wildman–Crippen MR) is 83.7 cm³/mol. The van der Waals surface area contributed by atoms with E-state index in [9.17, 15) is 18.0 Å². The second kappa shape index (κ2) is 6.99. The molecule has 0 bridgehead atoms. The number of ketones is 1. The molecule has 126 valence electrons. The summed E-state index contributed by atoms with van der Waals surface area (Å²) in [6.45, 7) is 1.19. The molecule has 1 atom stereocenters.